The van der Waals surface area contributed by atoms with Crippen molar-refractivity contribution in [1.29, 1.82) is 0 Å². The molecule has 1 amide bonds. The molecule has 1 aliphatic heterocycles. The SMILES string of the molecule is COC(=O)C1CCCN(C(=O)c2sccc2C#CCO)C1. The number of nitrogens with zero attached hydrogens (tertiary/aromatic N) is 1. The number of aliphatic hydroxyl groups is 1. The van der Waals surface area contributed by atoms with Crippen LogP contribution >= 0.6 is 11.3 Å². The van der Waals surface area contributed by atoms with E-state index < -0.39 is 0 Å². The molecule has 5 nitrogen and oxygen atoms in total. The fourth-order valence-corrected chi connectivity index (χ4v) is 3.19. The predicted molar refractivity (Wildman–Crippen MR) is 78.9 cm³/mol. The van der Waals surface area contributed by atoms with Gasteiger partial charge in [-0.2, -0.15) is 0 Å². The Kier molecular flexibility index (Phi) is 5.37. The first-order valence-electron chi connectivity index (χ1n) is 6.71. The second kappa shape index (κ2) is 7.25. The zero-order valence-electron chi connectivity index (χ0n) is 11.8. The van der Waals surface area contributed by atoms with Crippen LogP contribution in [0.3, 0.4) is 0 Å². The van der Waals surface area contributed by atoms with Crippen molar-refractivity contribution in [2.24, 2.45) is 5.92 Å². The Hall–Kier alpha value is -1.84. The van der Waals surface area contributed by atoms with Crippen LogP contribution in [0.25, 0.3) is 0 Å². The number of carbonyl (C=O) groups excluding carboxylic acids is 2. The number of ether oxygens (including phenoxy) is 1. The molecule has 112 valence electrons. The van der Waals surface area contributed by atoms with Gasteiger partial charge in [0, 0.05) is 18.7 Å². The predicted octanol–water partition coefficient (Wildman–Crippen LogP) is 1.12. The lowest BCUT2D eigenvalue weighted by atomic mass is 9.98. The van der Waals surface area contributed by atoms with Crippen LogP contribution in [0, 0.1) is 17.8 Å². The van der Waals surface area contributed by atoms with Crippen molar-refractivity contribution < 1.29 is 19.4 Å². The van der Waals surface area contributed by atoms with Crippen LogP contribution in [-0.2, 0) is 9.53 Å². The Balaban J connectivity index is 2.13. The van der Waals surface area contributed by atoms with Gasteiger partial charge in [-0.25, -0.2) is 0 Å². The molecule has 6 heteroatoms. The Morgan fingerprint density at radius 3 is 3.10 bits per heavy atom. The lowest BCUT2D eigenvalue weighted by Crippen LogP contribution is -2.42. The third-order valence-electron chi connectivity index (χ3n) is 3.40. The number of hydrogen-bond donors (Lipinski definition) is 1. The summed E-state index contributed by atoms with van der Waals surface area (Å²) >= 11 is 1.33. The molecule has 0 bridgehead atoms. The van der Waals surface area contributed by atoms with Crippen LogP contribution < -0.4 is 0 Å². The zero-order valence-corrected chi connectivity index (χ0v) is 12.6. The number of carbonyl (C=O) groups is 2. The second-order valence-corrected chi connectivity index (χ2v) is 5.65. The van der Waals surface area contributed by atoms with Crippen LogP contribution in [0.2, 0.25) is 0 Å². The number of likely N-dealkylation sites (tertiary alicyclic amines) is 1. The molecule has 1 N–H and O–H groups in total. The van der Waals surface area contributed by atoms with Gasteiger partial charge in [-0.15, -0.1) is 11.3 Å². The number of amides is 1. The first kappa shape index (κ1) is 15.5. The molecule has 0 radical (unpaired) electrons. The average molecular weight is 307 g/mol. The van der Waals surface area contributed by atoms with Gasteiger partial charge < -0.3 is 14.7 Å². The van der Waals surface area contributed by atoms with Crippen LogP contribution in [0.15, 0.2) is 11.4 Å². The summed E-state index contributed by atoms with van der Waals surface area (Å²) in [6.07, 6.45) is 1.53. The van der Waals surface area contributed by atoms with Gasteiger partial charge in [0.05, 0.1) is 13.0 Å². The summed E-state index contributed by atoms with van der Waals surface area (Å²) in [6, 6.07) is 1.77. The van der Waals surface area contributed by atoms with Gasteiger partial charge in [0.15, 0.2) is 0 Å². The number of rotatable bonds is 2. The van der Waals surface area contributed by atoms with Crippen molar-refractivity contribution in [2.45, 2.75) is 12.8 Å². The first-order chi connectivity index (χ1) is 10.2. The van der Waals surface area contributed by atoms with E-state index in [-0.39, 0.29) is 24.4 Å². The molecule has 1 aromatic rings. The van der Waals surface area contributed by atoms with E-state index in [1.54, 1.807) is 16.3 Å². The van der Waals surface area contributed by atoms with Crippen LogP contribution in [-0.4, -0.2) is 48.7 Å². The van der Waals surface area contributed by atoms with E-state index in [0.29, 0.717) is 23.5 Å². The lowest BCUT2D eigenvalue weighted by Gasteiger charge is -2.31. The van der Waals surface area contributed by atoms with Crippen LogP contribution in [0.1, 0.15) is 28.1 Å². The highest BCUT2D eigenvalue weighted by Crippen LogP contribution is 2.23. The number of aliphatic hydroxyl groups excluding tert-OH is 1. The first-order valence-corrected chi connectivity index (χ1v) is 7.59. The highest BCUT2D eigenvalue weighted by atomic mass is 32.1. The molecular weight excluding hydrogens is 290 g/mol. The standard InChI is InChI=1S/C15H17NO4S/c1-20-15(19)12-4-2-7-16(10-12)14(18)13-11(5-3-8-17)6-9-21-13/h6,9,12,17H,2,4,7-8,10H2,1H3. The van der Waals surface area contributed by atoms with E-state index >= 15 is 0 Å². The zero-order chi connectivity index (χ0) is 15.2. The summed E-state index contributed by atoms with van der Waals surface area (Å²) in [5.41, 5.74) is 0.624. The van der Waals surface area contributed by atoms with Crippen LogP contribution in [0.4, 0.5) is 0 Å². The Morgan fingerprint density at radius 2 is 2.38 bits per heavy atom. The minimum absolute atomic E-state index is 0.110. The monoisotopic (exact) mass is 307 g/mol. The molecule has 21 heavy (non-hydrogen) atoms. The fraction of sp³-hybridized carbons (Fsp3) is 0.467. The van der Waals surface area contributed by atoms with E-state index in [0.717, 1.165) is 12.8 Å². The molecule has 1 aliphatic rings. The molecule has 0 saturated carbocycles. The Morgan fingerprint density at radius 1 is 1.57 bits per heavy atom. The van der Waals surface area contributed by atoms with Crippen molar-refractivity contribution in [2.75, 3.05) is 26.8 Å². The number of thiophene rings is 1. The normalized spacial score (nSPS) is 17.8. The van der Waals surface area contributed by atoms with Gasteiger partial charge in [0.1, 0.15) is 11.5 Å². The van der Waals surface area contributed by atoms with E-state index in [1.807, 2.05) is 0 Å². The average Bonchev–Trinajstić information content (AvgIpc) is 2.99. The third-order valence-corrected chi connectivity index (χ3v) is 4.31. The maximum absolute atomic E-state index is 12.6. The fourth-order valence-electron chi connectivity index (χ4n) is 2.37. The van der Waals surface area contributed by atoms with Crippen molar-refractivity contribution >= 4 is 23.2 Å². The van der Waals surface area contributed by atoms with E-state index in [9.17, 15) is 9.59 Å². The number of piperidine rings is 1. The summed E-state index contributed by atoms with van der Waals surface area (Å²) in [4.78, 5) is 26.4. The molecule has 1 saturated heterocycles. The van der Waals surface area contributed by atoms with Crippen LogP contribution in [0.5, 0.6) is 0 Å². The molecular formula is C15H17NO4S. The van der Waals surface area contributed by atoms with Crippen molar-refractivity contribution in [3.8, 4) is 11.8 Å². The molecule has 0 spiro atoms. The molecule has 1 aromatic heterocycles. The Bertz CT molecular complexity index is 584. The number of hydrogen-bond acceptors (Lipinski definition) is 5. The van der Waals surface area contributed by atoms with Gasteiger partial charge in [-0.3, -0.25) is 9.59 Å². The summed E-state index contributed by atoms with van der Waals surface area (Å²) in [7, 11) is 1.37. The maximum Gasteiger partial charge on any atom is 0.310 e. The molecule has 0 aliphatic carbocycles. The minimum atomic E-state index is -0.265. The molecule has 1 atom stereocenters. The van der Waals surface area contributed by atoms with E-state index in [4.69, 9.17) is 9.84 Å². The summed E-state index contributed by atoms with van der Waals surface area (Å²) < 4.78 is 4.76. The highest BCUT2D eigenvalue weighted by molar-refractivity contribution is 7.12. The van der Waals surface area contributed by atoms with Crippen molar-refractivity contribution in [1.82, 2.24) is 4.90 Å². The van der Waals surface area contributed by atoms with Gasteiger partial charge in [-0.1, -0.05) is 11.8 Å². The quantitative estimate of drug-likeness (QED) is 0.657. The molecule has 1 unspecified atom stereocenters. The number of methoxy groups -OCH3 is 1. The number of esters is 1. The third kappa shape index (κ3) is 3.63. The topological polar surface area (TPSA) is 66.8 Å². The smallest absolute Gasteiger partial charge is 0.310 e. The molecule has 2 heterocycles. The molecule has 0 aromatic carbocycles. The summed E-state index contributed by atoms with van der Waals surface area (Å²) in [5, 5.41) is 10.6. The van der Waals surface area contributed by atoms with Gasteiger partial charge in [0.2, 0.25) is 0 Å². The largest absolute Gasteiger partial charge is 0.469 e. The van der Waals surface area contributed by atoms with Gasteiger partial charge in [-0.05, 0) is 24.3 Å². The van der Waals surface area contributed by atoms with Gasteiger partial charge in [0.25, 0.3) is 5.91 Å². The van der Waals surface area contributed by atoms with E-state index in [1.165, 1.54) is 18.4 Å². The second-order valence-electron chi connectivity index (χ2n) is 4.74. The van der Waals surface area contributed by atoms with Gasteiger partial charge >= 0.3 is 5.97 Å². The summed E-state index contributed by atoms with van der Waals surface area (Å²) in [6.45, 7) is 0.783. The Labute approximate surface area is 127 Å². The van der Waals surface area contributed by atoms with E-state index in [2.05, 4.69) is 11.8 Å². The van der Waals surface area contributed by atoms with Crippen molar-refractivity contribution in [3.63, 3.8) is 0 Å². The summed E-state index contributed by atoms with van der Waals surface area (Å²) in [5.74, 6) is 4.71. The minimum Gasteiger partial charge on any atom is -0.469 e. The molecule has 1 fully saturated rings. The van der Waals surface area contributed by atoms with Crippen molar-refractivity contribution in [3.05, 3.63) is 21.9 Å². The lowest BCUT2D eigenvalue weighted by molar-refractivity contribution is -0.146. The maximum atomic E-state index is 12.6. The molecule has 2 rings (SSSR count). The highest BCUT2D eigenvalue weighted by Gasteiger charge is 2.30.